The number of imidazole rings is 1. The fourth-order valence-electron chi connectivity index (χ4n) is 4.51. The van der Waals surface area contributed by atoms with E-state index in [1.54, 1.807) is 22.8 Å². The number of hydrogen-bond acceptors (Lipinski definition) is 4. The molecule has 188 valence electrons. The van der Waals surface area contributed by atoms with Crippen LogP contribution in [0.3, 0.4) is 0 Å². The maximum Gasteiger partial charge on any atom is 0.333 e. The third-order valence-corrected chi connectivity index (χ3v) is 7.01. The molecule has 3 aromatic carbocycles. The fourth-order valence-corrected chi connectivity index (χ4v) is 5.09. The molecule has 0 fully saturated rings. The van der Waals surface area contributed by atoms with E-state index in [2.05, 4.69) is 39.7 Å². The lowest BCUT2D eigenvalue weighted by Crippen LogP contribution is -2.25. The van der Waals surface area contributed by atoms with Crippen molar-refractivity contribution in [3.05, 3.63) is 105 Å². The van der Waals surface area contributed by atoms with Crippen LogP contribution in [0.25, 0.3) is 28.2 Å². The monoisotopic (exact) mass is 532 g/mol. The van der Waals surface area contributed by atoms with Crippen LogP contribution in [0.1, 0.15) is 37.4 Å². The topological polar surface area (TPSA) is 81.4 Å². The number of aryl methyl sites for hydroxylation is 1. The largest absolute Gasteiger partial charge is 0.333 e. The second-order valence-corrected chi connectivity index (χ2v) is 9.68. The van der Waals surface area contributed by atoms with Crippen molar-refractivity contribution in [2.24, 2.45) is 0 Å². The molecular weight excluding hydrogens is 507 g/mol. The number of nitrogens with zero attached hydrogens (tertiary/aromatic N) is 5. The predicted molar refractivity (Wildman–Crippen MR) is 147 cm³/mol. The number of H-pyrrole nitrogens is 1. The minimum absolute atomic E-state index is 0.159. The highest BCUT2D eigenvalue weighted by atomic mass is 35.5. The number of para-hydroxylation sites is 1. The van der Waals surface area contributed by atoms with Gasteiger partial charge in [0, 0.05) is 17.5 Å². The van der Waals surface area contributed by atoms with E-state index in [0.717, 1.165) is 53.6 Å². The maximum atomic E-state index is 13.6. The Balaban J connectivity index is 1.48. The zero-order valence-electron chi connectivity index (χ0n) is 20.4. The first-order valence-corrected chi connectivity index (χ1v) is 13.0. The molecule has 0 spiro atoms. The molecule has 0 amide bonds. The van der Waals surface area contributed by atoms with Gasteiger partial charge >= 0.3 is 5.69 Å². The summed E-state index contributed by atoms with van der Waals surface area (Å²) >= 11 is 12.9. The molecule has 5 aromatic rings. The average molecular weight is 533 g/mol. The summed E-state index contributed by atoms with van der Waals surface area (Å²) in [6.07, 6.45) is 5.88. The first-order chi connectivity index (χ1) is 18.1. The maximum absolute atomic E-state index is 13.6. The summed E-state index contributed by atoms with van der Waals surface area (Å²) in [6.45, 7) is 2.61. The zero-order valence-corrected chi connectivity index (χ0v) is 21.9. The Labute approximate surface area is 224 Å². The van der Waals surface area contributed by atoms with Gasteiger partial charge in [-0.25, -0.2) is 4.79 Å². The zero-order chi connectivity index (χ0) is 25.8. The third-order valence-electron chi connectivity index (χ3n) is 6.40. The second kappa shape index (κ2) is 11.2. The molecule has 2 aromatic heterocycles. The van der Waals surface area contributed by atoms with Crippen molar-refractivity contribution in [1.29, 1.82) is 0 Å². The van der Waals surface area contributed by atoms with Gasteiger partial charge < -0.3 is 0 Å². The molecule has 0 aliphatic heterocycles. The Hall–Kier alpha value is -3.68. The Morgan fingerprint density at radius 1 is 0.892 bits per heavy atom. The molecule has 0 bridgehead atoms. The Morgan fingerprint density at radius 3 is 2.30 bits per heavy atom. The lowest BCUT2D eigenvalue weighted by molar-refractivity contribution is 0.653. The number of tetrazole rings is 1. The van der Waals surface area contributed by atoms with Gasteiger partial charge in [0.15, 0.2) is 0 Å². The van der Waals surface area contributed by atoms with Gasteiger partial charge in [0.05, 0.1) is 22.3 Å². The average Bonchev–Trinajstić information content (AvgIpc) is 3.55. The van der Waals surface area contributed by atoms with Crippen LogP contribution in [0.4, 0.5) is 0 Å². The van der Waals surface area contributed by atoms with E-state index < -0.39 is 0 Å². The molecule has 0 unspecified atom stereocenters. The molecule has 37 heavy (non-hydrogen) atoms. The summed E-state index contributed by atoms with van der Waals surface area (Å²) in [7, 11) is 0. The Kier molecular flexibility index (Phi) is 7.53. The van der Waals surface area contributed by atoms with E-state index in [0.29, 0.717) is 28.1 Å². The van der Waals surface area contributed by atoms with E-state index in [4.69, 9.17) is 23.2 Å². The van der Waals surface area contributed by atoms with Crippen molar-refractivity contribution in [2.45, 2.75) is 39.2 Å². The molecule has 0 aliphatic rings. The highest BCUT2D eigenvalue weighted by Crippen LogP contribution is 2.30. The van der Waals surface area contributed by atoms with Gasteiger partial charge in [-0.15, -0.1) is 10.2 Å². The van der Waals surface area contributed by atoms with Crippen LogP contribution in [0, 0.1) is 0 Å². The van der Waals surface area contributed by atoms with Crippen LogP contribution >= 0.6 is 23.2 Å². The minimum Gasteiger partial charge on any atom is -0.292 e. The minimum atomic E-state index is -0.159. The van der Waals surface area contributed by atoms with Gasteiger partial charge in [-0.3, -0.25) is 9.13 Å². The molecular formula is C28H26Cl2N6O. The molecule has 0 saturated carbocycles. The lowest BCUT2D eigenvalue weighted by atomic mass is 9.98. The van der Waals surface area contributed by atoms with Gasteiger partial charge in [-0.1, -0.05) is 97.6 Å². The number of unbranched alkanes of at least 4 members (excludes halogenated alkanes) is 2. The van der Waals surface area contributed by atoms with Gasteiger partial charge in [0.2, 0.25) is 5.82 Å². The quantitative estimate of drug-likeness (QED) is 0.217. The number of aromatic amines is 1. The lowest BCUT2D eigenvalue weighted by Gasteiger charge is -2.10. The van der Waals surface area contributed by atoms with E-state index in [1.165, 1.54) is 0 Å². The Bertz CT molecular complexity index is 1530. The summed E-state index contributed by atoms with van der Waals surface area (Å²) in [6, 6.07) is 21.4. The summed E-state index contributed by atoms with van der Waals surface area (Å²) in [5.41, 5.74) is 5.26. The normalized spacial score (nSPS) is 11.2. The van der Waals surface area contributed by atoms with Gasteiger partial charge in [0.1, 0.15) is 0 Å². The van der Waals surface area contributed by atoms with Crippen molar-refractivity contribution < 1.29 is 0 Å². The molecule has 5 rings (SSSR count). The molecule has 0 atom stereocenters. The summed E-state index contributed by atoms with van der Waals surface area (Å²) < 4.78 is 3.39. The van der Waals surface area contributed by atoms with Crippen molar-refractivity contribution in [3.63, 3.8) is 0 Å². The van der Waals surface area contributed by atoms with Crippen molar-refractivity contribution >= 4 is 23.2 Å². The molecule has 9 heteroatoms. The van der Waals surface area contributed by atoms with Gasteiger partial charge in [-0.05, 0) is 46.9 Å². The predicted octanol–water partition coefficient (Wildman–Crippen LogP) is 6.57. The molecule has 7 nitrogen and oxygen atoms in total. The van der Waals surface area contributed by atoms with Gasteiger partial charge in [0.25, 0.3) is 0 Å². The Morgan fingerprint density at radius 2 is 1.62 bits per heavy atom. The van der Waals surface area contributed by atoms with Crippen LogP contribution < -0.4 is 5.69 Å². The smallest absolute Gasteiger partial charge is 0.292 e. The molecule has 2 heterocycles. The highest BCUT2D eigenvalue weighted by Gasteiger charge is 2.17. The third kappa shape index (κ3) is 5.24. The van der Waals surface area contributed by atoms with Crippen molar-refractivity contribution in [1.82, 2.24) is 29.8 Å². The number of hydrogen-bond donors (Lipinski definition) is 1. The van der Waals surface area contributed by atoms with Crippen LogP contribution in [-0.4, -0.2) is 29.8 Å². The fraction of sp³-hybridized carbons (Fsp3) is 0.214. The van der Waals surface area contributed by atoms with Crippen LogP contribution in [0.15, 0.2) is 77.7 Å². The number of halogens is 2. The first-order valence-electron chi connectivity index (χ1n) is 12.2. The van der Waals surface area contributed by atoms with Crippen molar-refractivity contribution in [3.8, 4) is 28.2 Å². The van der Waals surface area contributed by atoms with Crippen molar-refractivity contribution in [2.75, 3.05) is 0 Å². The summed E-state index contributed by atoms with van der Waals surface area (Å²) in [4.78, 5) is 13.6. The second-order valence-electron chi connectivity index (χ2n) is 8.86. The number of aromatic nitrogens is 6. The van der Waals surface area contributed by atoms with Crippen LogP contribution in [-0.2, 0) is 13.0 Å². The van der Waals surface area contributed by atoms with E-state index in [1.807, 2.05) is 47.2 Å². The summed E-state index contributed by atoms with van der Waals surface area (Å²) in [5.74, 6) is 0.544. The number of benzene rings is 3. The first kappa shape index (κ1) is 25.0. The van der Waals surface area contributed by atoms with Gasteiger partial charge in [-0.2, -0.15) is 5.21 Å². The van der Waals surface area contributed by atoms with Crippen LogP contribution in [0.2, 0.25) is 10.0 Å². The summed E-state index contributed by atoms with van der Waals surface area (Å²) in [5, 5.41) is 15.3. The number of rotatable bonds is 9. The molecule has 1 N–H and O–H groups in total. The molecule has 0 radical (unpaired) electrons. The SMILES string of the molecule is CCCCCc1cn(-c2c(Cl)cccc2Cl)c(=O)n1Cc1ccc(-c2ccccc2-c2nn[nH]n2)cc1. The van der Waals surface area contributed by atoms with E-state index in [9.17, 15) is 4.79 Å². The van der Waals surface area contributed by atoms with Crippen LogP contribution in [0.5, 0.6) is 0 Å². The number of nitrogens with one attached hydrogen (secondary N) is 1. The standard InChI is InChI=1S/C28H26Cl2N6O/c1-2-3-4-8-21-18-36(26-24(29)11-7-12-25(26)30)28(37)35(21)17-19-13-15-20(16-14-19)22-9-5-6-10-23(22)27-31-33-34-32-27/h5-7,9-16,18H,2-4,8,17H2,1H3,(H,31,32,33,34). The molecule has 0 saturated heterocycles. The van der Waals surface area contributed by atoms with E-state index in [-0.39, 0.29) is 5.69 Å². The highest BCUT2D eigenvalue weighted by molar-refractivity contribution is 6.37. The molecule has 0 aliphatic carbocycles. The van der Waals surface area contributed by atoms with E-state index >= 15 is 0 Å².